The Morgan fingerprint density at radius 1 is 1.33 bits per heavy atom. The summed E-state index contributed by atoms with van der Waals surface area (Å²) in [7, 11) is -1.71. The zero-order chi connectivity index (χ0) is 16.0. The van der Waals surface area contributed by atoms with E-state index in [1.807, 2.05) is 31.2 Å². The smallest absolute Gasteiger partial charge is 0.218 e. The minimum atomic E-state index is -3.30. The third kappa shape index (κ3) is 6.42. The van der Waals surface area contributed by atoms with Gasteiger partial charge >= 0.3 is 0 Å². The molecule has 5 heteroatoms. The molecule has 0 bridgehead atoms. The molecule has 0 aliphatic heterocycles. The molecule has 1 N–H and O–H groups in total. The second kappa shape index (κ2) is 7.73. The maximum absolute atomic E-state index is 12.3. The first kappa shape index (κ1) is 17.9. The van der Waals surface area contributed by atoms with Crippen LogP contribution in [0.4, 0.5) is 0 Å². The van der Waals surface area contributed by atoms with Crippen molar-refractivity contribution >= 4 is 10.0 Å². The lowest BCUT2D eigenvalue weighted by Gasteiger charge is -2.17. The van der Waals surface area contributed by atoms with Crippen molar-refractivity contribution in [2.24, 2.45) is 0 Å². The summed E-state index contributed by atoms with van der Waals surface area (Å²) >= 11 is 0. The molecular formula is C16H26N2O2S. The van der Waals surface area contributed by atoms with Gasteiger partial charge in [0.25, 0.3) is 0 Å². The van der Waals surface area contributed by atoms with Crippen molar-refractivity contribution in [2.75, 3.05) is 13.6 Å². The molecule has 0 spiro atoms. The lowest BCUT2D eigenvalue weighted by atomic mass is 10.1. The van der Waals surface area contributed by atoms with Gasteiger partial charge in [0.1, 0.15) is 0 Å². The standard InChI is InChI=1S/C16H26N2O2S/c1-13(2)11-18(5)21(19,20)12-16-8-6-7-15(9-16)10-17-14(3)4/h6-9,14,17H,1,10-12H2,2-5H3. The highest BCUT2D eigenvalue weighted by Crippen LogP contribution is 2.13. The van der Waals surface area contributed by atoms with Gasteiger partial charge in [-0.3, -0.25) is 0 Å². The predicted molar refractivity (Wildman–Crippen MR) is 88.5 cm³/mol. The fraction of sp³-hybridized carbons (Fsp3) is 0.500. The highest BCUT2D eigenvalue weighted by molar-refractivity contribution is 7.88. The second-order valence-corrected chi connectivity index (χ2v) is 7.90. The summed E-state index contributed by atoms with van der Waals surface area (Å²) in [5.41, 5.74) is 2.74. The van der Waals surface area contributed by atoms with Crippen LogP contribution in [-0.2, 0) is 22.3 Å². The highest BCUT2D eigenvalue weighted by Gasteiger charge is 2.18. The highest BCUT2D eigenvalue weighted by atomic mass is 32.2. The molecule has 0 saturated heterocycles. The summed E-state index contributed by atoms with van der Waals surface area (Å²) in [5, 5.41) is 3.33. The molecule has 118 valence electrons. The molecule has 0 aliphatic carbocycles. The maximum atomic E-state index is 12.3. The normalized spacial score (nSPS) is 12.1. The van der Waals surface area contributed by atoms with E-state index in [0.717, 1.165) is 23.2 Å². The van der Waals surface area contributed by atoms with E-state index in [0.29, 0.717) is 12.6 Å². The van der Waals surface area contributed by atoms with Crippen LogP contribution in [0.3, 0.4) is 0 Å². The van der Waals surface area contributed by atoms with E-state index in [4.69, 9.17) is 0 Å². The van der Waals surface area contributed by atoms with Crippen LogP contribution in [0, 0.1) is 0 Å². The molecule has 0 atom stereocenters. The Hall–Kier alpha value is -1.17. The van der Waals surface area contributed by atoms with Crippen LogP contribution < -0.4 is 5.32 Å². The Labute approximate surface area is 128 Å². The summed E-state index contributed by atoms with van der Waals surface area (Å²) in [6, 6.07) is 8.11. The summed E-state index contributed by atoms with van der Waals surface area (Å²) in [5.74, 6) is 0.0201. The second-order valence-electron chi connectivity index (χ2n) is 5.82. The largest absolute Gasteiger partial charge is 0.310 e. The van der Waals surface area contributed by atoms with Crippen molar-refractivity contribution in [1.29, 1.82) is 0 Å². The van der Waals surface area contributed by atoms with Crippen LogP contribution in [0.2, 0.25) is 0 Å². The molecule has 0 amide bonds. The lowest BCUT2D eigenvalue weighted by Crippen LogP contribution is -2.29. The fourth-order valence-electron chi connectivity index (χ4n) is 1.95. The third-order valence-corrected chi connectivity index (χ3v) is 4.80. The molecular weight excluding hydrogens is 284 g/mol. The number of hydrogen-bond acceptors (Lipinski definition) is 3. The van der Waals surface area contributed by atoms with Crippen molar-refractivity contribution in [3.63, 3.8) is 0 Å². The van der Waals surface area contributed by atoms with Crippen LogP contribution in [0.1, 0.15) is 31.9 Å². The SMILES string of the molecule is C=C(C)CN(C)S(=O)(=O)Cc1cccc(CNC(C)C)c1. The van der Waals surface area contributed by atoms with Gasteiger partial charge in [0, 0.05) is 26.2 Å². The molecule has 0 heterocycles. The number of benzene rings is 1. The average Bonchev–Trinajstić information content (AvgIpc) is 2.35. The zero-order valence-corrected chi connectivity index (χ0v) is 14.2. The molecule has 0 saturated carbocycles. The lowest BCUT2D eigenvalue weighted by molar-refractivity contribution is 0.492. The first-order chi connectivity index (χ1) is 9.70. The molecule has 21 heavy (non-hydrogen) atoms. The summed E-state index contributed by atoms with van der Waals surface area (Å²) in [6.45, 7) is 10.8. The minimum Gasteiger partial charge on any atom is -0.310 e. The number of sulfonamides is 1. The number of nitrogens with zero attached hydrogens (tertiary/aromatic N) is 1. The Balaban J connectivity index is 2.78. The van der Waals surface area contributed by atoms with Crippen molar-refractivity contribution < 1.29 is 8.42 Å². The van der Waals surface area contributed by atoms with E-state index in [2.05, 4.69) is 25.7 Å². The van der Waals surface area contributed by atoms with E-state index in [1.54, 1.807) is 7.05 Å². The topological polar surface area (TPSA) is 49.4 Å². The predicted octanol–water partition coefficient (Wildman–Crippen LogP) is 2.52. The summed E-state index contributed by atoms with van der Waals surface area (Å²) in [4.78, 5) is 0. The van der Waals surface area contributed by atoms with E-state index >= 15 is 0 Å². The van der Waals surface area contributed by atoms with Crippen LogP contribution in [0.15, 0.2) is 36.4 Å². The van der Waals surface area contributed by atoms with Gasteiger partial charge < -0.3 is 5.32 Å². The molecule has 1 aromatic carbocycles. The van der Waals surface area contributed by atoms with Gasteiger partial charge in [-0.2, -0.15) is 0 Å². The van der Waals surface area contributed by atoms with Crippen LogP contribution in [0.25, 0.3) is 0 Å². The molecule has 0 radical (unpaired) electrons. The average molecular weight is 310 g/mol. The number of hydrogen-bond donors (Lipinski definition) is 1. The quantitative estimate of drug-likeness (QED) is 0.751. The van der Waals surface area contributed by atoms with Crippen molar-refractivity contribution in [2.45, 2.75) is 39.1 Å². The van der Waals surface area contributed by atoms with Gasteiger partial charge in [-0.05, 0) is 18.1 Å². The van der Waals surface area contributed by atoms with Gasteiger partial charge in [-0.25, -0.2) is 12.7 Å². The van der Waals surface area contributed by atoms with Gasteiger partial charge in [0.15, 0.2) is 0 Å². The Morgan fingerprint density at radius 3 is 2.52 bits per heavy atom. The molecule has 1 rings (SSSR count). The minimum absolute atomic E-state index is 0.0201. The van der Waals surface area contributed by atoms with E-state index < -0.39 is 10.0 Å². The van der Waals surface area contributed by atoms with Crippen LogP contribution in [-0.4, -0.2) is 32.4 Å². The molecule has 4 nitrogen and oxygen atoms in total. The molecule has 0 aliphatic rings. The zero-order valence-electron chi connectivity index (χ0n) is 13.4. The first-order valence-electron chi connectivity index (χ1n) is 7.10. The number of likely N-dealkylation sites (N-methyl/N-ethyl adjacent to an activating group) is 1. The first-order valence-corrected chi connectivity index (χ1v) is 8.71. The molecule has 0 unspecified atom stereocenters. The number of rotatable bonds is 8. The molecule has 0 fully saturated rings. The van der Waals surface area contributed by atoms with Gasteiger partial charge in [-0.1, -0.05) is 50.3 Å². The number of nitrogens with one attached hydrogen (secondary N) is 1. The summed E-state index contributed by atoms with van der Waals surface area (Å²) < 4.78 is 25.9. The molecule has 1 aromatic rings. The van der Waals surface area contributed by atoms with Crippen molar-refractivity contribution in [3.8, 4) is 0 Å². The van der Waals surface area contributed by atoms with E-state index in [-0.39, 0.29) is 5.75 Å². The van der Waals surface area contributed by atoms with E-state index in [1.165, 1.54) is 4.31 Å². The van der Waals surface area contributed by atoms with Gasteiger partial charge in [-0.15, -0.1) is 0 Å². The fourth-order valence-corrected chi connectivity index (χ4v) is 3.19. The van der Waals surface area contributed by atoms with Gasteiger partial charge in [0.05, 0.1) is 5.75 Å². The monoisotopic (exact) mass is 310 g/mol. The third-order valence-electron chi connectivity index (χ3n) is 3.02. The Bertz CT molecular complexity index is 580. The Kier molecular flexibility index (Phi) is 6.58. The van der Waals surface area contributed by atoms with Crippen molar-refractivity contribution in [3.05, 3.63) is 47.5 Å². The van der Waals surface area contributed by atoms with Gasteiger partial charge in [0.2, 0.25) is 10.0 Å². The summed E-state index contributed by atoms with van der Waals surface area (Å²) in [6.07, 6.45) is 0. The molecule has 0 aromatic heterocycles. The van der Waals surface area contributed by atoms with Crippen LogP contribution >= 0.6 is 0 Å². The van der Waals surface area contributed by atoms with E-state index in [9.17, 15) is 8.42 Å². The van der Waals surface area contributed by atoms with Crippen LogP contribution in [0.5, 0.6) is 0 Å². The Morgan fingerprint density at radius 2 is 1.95 bits per heavy atom. The maximum Gasteiger partial charge on any atom is 0.218 e. The van der Waals surface area contributed by atoms with Crippen molar-refractivity contribution in [1.82, 2.24) is 9.62 Å².